The highest BCUT2D eigenvalue weighted by Gasteiger charge is 2.49. The predicted molar refractivity (Wildman–Crippen MR) is 47.1 cm³/mol. The maximum absolute atomic E-state index is 9.61. The summed E-state index contributed by atoms with van der Waals surface area (Å²) in [7, 11) is 1.53. The Morgan fingerprint density at radius 3 is 2.08 bits per heavy atom. The highest BCUT2D eigenvalue weighted by Crippen LogP contribution is 2.35. The molecule has 1 saturated carbocycles. The highest BCUT2D eigenvalue weighted by molar-refractivity contribution is 4.98. The second kappa shape index (κ2) is 3.92. The minimum Gasteiger partial charge on any atom is -0.393 e. The lowest BCUT2D eigenvalue weighted by atomic mass is 9.96. The summed E-state index contributed by atoms with van der Waals surface area (Å²) in [6.07, 6.45) is -2.63. The number of rotatable bonds is 2. The van der Waals surface area contributed by atoms with Crippen molar-refractivity contribution in [3.05, 3.63) is 0 Å². The molecule has 6 unspecified atom stereocenters. The molecule has 1 aliphatic carbocycles. The molecule has 4 heteroatoms. The van der Waals surface area contributed by atoms with E-state index in [1.165, 1.54) is 7.11 Å². The third-order valence-corrected chi connectivity index (χ3v) is 3.01. The molecule has 0 spiro atoms. The van der Waals surface area contributed by atoms with Crippen molar-refractivity contribution in [1.29, 1.82) is 0 Å². The minimum absolute atomic E-state index is 0.139. The molecule has 0 aromatic heterocycles. The van der Waals surface area contributed by atoms with Gasteiger partial charge in [0.15, 0.2) is 0 Å². The second-order valence-electron chi connectivity index (χ2n) is 3.86. The van der Waals surface area contributed by atoms with Crippen molar-refractivity contribution >= 4 is 0 Å². The summed E-state index contributed by atoms with van der Waals surface area (Å²) in [5, 5.41) is 28.6. The summed E-state index contributed by atoms with van der Waals surface area (Å²) in [5.74, 6) is -0.533. The van der Waals surface area contributed by atoms with E-state index in [4.69, 9.17) is 4.74 Å². The van der Waals surface area contributed by atoms with Gasteiger partial charge >= 0.3 is 0 Å². The van der Waals surface area contributed by atoms with E-state index in [2.05, 4.69) is 0 Å². The van der Waals surface area contributed by atoms with Crippen LogP contribution < -0.4 is 0 Å². The molecule has 13 heavy (non-hydrogen) atoms. The quantitative estimate of drug-likeness (QED) is 0.542. The Morgan fingerprint density at radius 2 is 1.77 bits per heavy atom. The first kappa shape index (κ1) is 10.9. The van der Waals surface area contributed by atoms with Gasteiger partial charge < -0.3 is 20.1 Å². The van der Waals surface area contributed by atoms with Crippen LogP contribution in [0.5, 0.6) is 0 Å². The zero-order valence-corrected chi connectivity index (χ0v) is 8.21. The van der Waals surface area contributed by atoms with E-state index >= 15 is 0 Å². The van der Waals surface area contributed by atoms with Gasteiger partial charge in [0, 0.05) is 18.9 Å². The van der Waals surface area contributed by atoms with Gasteiger partial charge in [-0.25, -0.2) is 0 Å². The van der Waals surface area contributed by atoms with Crippen molar-refractivity contribution in [3.63, 3.8) is 0 Å². The molecule has 0 amide bonds. The van der Waals surface area contributed by atoms with Crippen molar-refractivity contribution in [2.45, 2.75) is 38.3 Å². The van der Waals surface area contributed by atoms with Crippen LogP contribution in [-0.4, -0.2) is 46.8 Å². The van der Waals surface area contributed by atoms with Gasteiger partial charge in [0.25, 0.3) is 0 Å². The summed E-state index contributed by atoms with van der Waals surface area (Å²) >= 11 is 0. The summed E-state index contributed by atoms with van der Waals surface area (Å²) in [6, 6.07) is 0. The number of hydrogen-bond acceptors (Lipinski definition) is 4. The SMILES string of the molecule is COC1C(C)C(O)C(O)C1C(C)O. The molecule has 1 aliphatic rings. The van der Waals surface area contributed by atoms with E-state index < -0.39 is 24.2 Å². The molecule has 0 aromatic rings. The lowest BCUT2D eigenvalue weighted by molar-refractivity contribution is -0.0451. The van der Waals surface area contributed by atoms with Gasteiger partial charge in [0.1, 0.15) is 0 Å². The standard InChI is InChI=1S/C9H18O4/c1-4-7(11)8(12)6(5(2)10)9(4)13-3/h4-12H,1-3H3. The van der Waals surface area contributed by atoms with Crippen LogP contribution in [0.2, 0.25) is 0 Å². The average molecular weight is 190 g/mol. The van der Waals surface area contributed by atoms with E-state index in [1.54, 1.807) is 6.92 Å². The summed E-state index contributed by atoms with van der Waals surface area (Å²) in [5.41, 5.74) is 0. The molecular weight excluding hydrogens is 172 g/mol. The number of hydrogen-bond donors (Lipinski definition) is 3. The maximum atomic E-state index is 9.61. The Balaban J connectivity index is 2.80. The van der Waals surface area contributed by atoms with E-state index in [-0.39, 0.29) is 12.0 Å². The van der Waals surface area contributed by atoms with Crippen LogP contribution in [0.25, 0.3) is 0 Å². The Hall–Kier alpha value is -0.160. The Kier molecular flexibility index (Phi) is 3.29. The summed E-state index contributed by atoms with van der Waals surface area (Å²) < 4.78 is 5.16. The Bertz CT molecular complexity index is 171. The van der Waals surface area contributed by atoms with Crippen LogP contribution in [0.15, 0.2) is 0 Å². The number of methoxy groups -OCH3 is 1. The van der Waals surface area contributed by atoms with Gasteiger partial charge in [-0.1, -0.05) is 6.92 Å². The largest absolute Gasteiger partial charge is 0.393 e. The van der Waals surface area contributed by atoms with E-state index in [1.807, 2.05) is 6.92 Å². The normalized spacial score (nSPS) is 48.0. The molecule has 0 saturated heterocycles. The fraction of sp³-hybridized carbons (Fsp3) is 1.00. The molecule has 0 radical (unpaired) electrons. The van der Waals surface area contributed by atoms with Crippen molar-refractivity contribution in [2.75, 3.05) is 7.11 Å². The third-order valence-electron chi connectivity index (χ3n) is 3.01. The lowest BCUT2D eigenvalue weighted by Gasteiger charge is -2.24. The second-order valence-corrected chi connectivity index (χ2v) is 3.86. The van der Waals surface area contributed by atoms with Crippen LogP contribution in [0.4, 0.5) is 0 Å². The molecule has 0 bridgehead atoms. The van der Waals surface area contributed by atoms with Gasteiger partial charge in [0.05, 0.1) is 24.4 Å². The lowest BCUT2D eigenvalue weighted by Crippen LogP contribution is -2.36. The van der Waals surface area contributed by atoms with Gasteiger partial charge in [-0.3, -0.25) is 0 Å². The number of aliphatic hydroxyl groups is 3. The monoisotopic (exact) mass is 190 g/mol. The molecule has 78 valence electrons. The topological polar surface area (TPSA) is 69.9 Å². The zero-order chi connectivity index (χ0) is 10.2. The average Bonchev–Trinajstić information content (AvgIpc) is 2.29. The summed E-state index contributed by atoms with van der Waals surface area (Å²) in [6.45, 7) is 3.41. The molecule has 1 fully saturated rings. The minimum atomic E-state index is -0.889. The molecule has 4 nitrogen and oxygen atoms in total. The molecule has 0 aromatic carbocycles. The smallest absolute Gasteiger partial charge is 0.0880 e. The first-order valence-corrected chi connectivity index (χ1v) is 4.57. The van der Waals surface area contributed by atoms with Gasteiger partial charge in [-0.05, 0) is 6.92 Å². The van der Waals surface area contributed by atoms with E-state index in [0.29, 0.717) is 0 Å². The maximum Gasteiger partial charge on any atom is 0.0880 e. The highest BCUT2D eigenvalue weighted by atomic mass is 16.5. The molecule has 6 atom stereocenters. The fourth-order valence-corrected chi connectivity index (χ4v) is 2.21. The van der Waals surface area contributed by atoms with Crippen LogP contribution in [0.1, 0.15) is 13.8 Å². The van der Waals surface area contributed by atoms with Crippen molar-refractivity contribution in [3.8, 4) is 0 Å². The van der Waals surface area contributed by atoms with Gasteiger partial charge in [-0.2, -0.15) is 0 Å². The molecule has 3 N–H and O–H groups in total. The molecule has 0 aliphatic heterocycles. The van der Waals surface area contributed by atoms with Gasteiger partial charge in [-0.15, -0.1) is 0 Å². The Morgan fingerprint density at radius 1 is 1.23 bits per heavy atom. The van der Waals surface area contributed by atoms with Crippen LogP contribution in [-0.2, 0) is 4.74 Å². The number of aliphatic hydroxyl groups excluding tert-OH is 3. The van der Waals surface area contributed by atoms with E-state index in [0.717, 1.165) is 0 Å². The fourth-order valence-electron chi connectivity index (χ4n) is 2.21. The van der Waals surface area contributed by atoms with Gasteiger partial charge in [0.2, 0.25) is 0 Å². The molecule has 1 rings (SSSR count). The van der Waals surface area contributed by atoms with Crippen LogP contribution in [0, 0.1) is 11.8 Å². The Labute approximate surface area is 78.1 Å². The van der Waals surface area contributed by atoms with Crippen molar-refractivity contribution in [1.82, 2.24) is 0 Å². The summed E-state index contributed by atoms with van der Waals surface area (Å²) in [4.78, 5) is 0. The predicted octanol–water partition coefficient (Wildman–Crippen LogP) is -0.630. The first-order chi connectivity index (χ1) is 6.00. The van der Waals surface area contributed by atoms with Crippen molar-refractivity contribution < 1.29 is 20.1 Å². The van der Waals surface area contributed by atoms with E-state index in [9.17, 15) is 15.3 Å². The third kappa shape index (κ3) is 1.72. The molecule has 0 heterocycles. The van der Waals surface area contributed by atoms with Crippen molar-refractivity contribution in [2.24, 2.45) is 11.8 Å². The molecular formula is C9H18O4. The van der Waals surface area contributed by atoms with Crippen LogP contribution in [0.3, 0.4) is 0 Å². The zero-order valence-electron chi connectivity index (χ0n) is 8.21. The first-order valence-electron chi connectivity index (χ1n) is 4.57. The number of ether oxygens (including phenoxy) is 1. The van der Waals surface area contributed by atoms with Crippen LogP contribution >= 0.6 is 0 Å².